The Hall–Kier alpha value is -1.51. The van der Waals surface area contributed by atoms with E-state index in [9.17, 15) is 18.5 Å². The van der Waals surface area contributed by atoms with Gasteiger partial charge in [0, 0.05) is 18.7 Å². The fourth-order valence-corrected chi connectivity index (χ4v) is 3.16. The summed E-state index contributed by atoms with van der Waals surface area (Å²) >= 11 is 0. The Morgan fingerprint density at radius 3 is 2.61 bits per heavy atom. The summed E-state index contributed by atoms with van der Waals surface area (Å²) in [6.07, 6.45) is 0. The van der Waals surface area contributed by atoms with Crippen molar-refractivity contribution in [3.63, 3.8) is 0 Å². The van der Waals surface area contributed by atoms with Gasteiger partial charge in [0.15, 0.2) is 4.90 Å². The van der Waals surface area contributed by atoms with E-state index in [1.807, 2.05) is 0 Å². The molecule has 100 valence electrons. The number of rotatable bonds is 5. The number of benzene rings is 1. The number of hydrogen-bond acceptors (Lipinski definition) is 5. The fraction of sp³-hybridized carbons (Fsp3) is 0.400. The third-order valence-electron chi connectivity index (χ3n) is 2.37. The number of nitro benzene ring substituents is 1. The van der Waals surface area contributed by atoms with Crippen LogP contribution in [-0.4, -0.2) is 25.9 Å². The molecular weight excluding hydrogens is 258 g/mol. The largest absolute Gasteiger partial charge is 0.329 e. The number of nitrogens with one attached hydrogen (secondary N) is 1. The molecule has 0 fully saturated rings. The second-order valence-electron chi connectivity index (χ2n) is 3.94. The van der Waals surface area contributed by atoms with Crippen LogP contribution in [0.2, 0.25) is 0 Å². The molecule has 0 saturated heterocycles. The topological polar surface area (TPSA) is 115 Å². The van der Waals surface area contributed by atoms with Crippen molar-refractivity contribution in [1.82, 2.24) is 4.72 Å². The van der Waals surface area contributed by atoms with Crippen molar-refractivity contribution < 1.29 is 13.3 Å². The van der Waals surface area contributed by atoms with E-state index >= 15 is 0 Å². The average molecular weight is 273 g/mol. The molecule has 0 heterocycles. The minimum absolute atomic E-state index is 0.110. The zero-order chi connectivity index (χ0) is 13.9. The molecule has 7 nitrogen and oxygen atoms in total. The highest BCUT2D eigenvalue weighted by Crippen LogP contribution is 2.26. The summed E-state index contributed by atoms with van der Waals surface area (Å²) in [4.78, 5) is 9.84. The van der Waals surface area contributed by atoms with E-state index in [1.54, 1.807) is 6.92 Å². The SMILES string of the molecule is Cc1cccc([N+](=O)[O-])c1S(=O)(=O)N[C@@H](C)CN. The molecule has 0 bridgehead atoms. The van der Waals surface area contributed by atoms with Crippen LogP contribution in [0.1, 0.15) is 12.5 Å². The summed E-state index contributed by atoms with van der Waals surface area (Å²) in [5, 5.41) is 10.9. The van der Waals surface area contributed by atoms with Gasteiger partial charge in [0.2, 0.25) is 10.0 Å². The third kappa shape index (κ3) is 3.03. The third-order valence-corrected chi connectivity index (χ3v) is 4.15. The lowest BCUT2D eigenvalue weighted by Gasteiger charge is -2.13. The molecule has 1 aromatic rings. The first kappa shape index (κ1) is 14.6. The molecule has 8 heteroatoms. The Labute approximate surface area is 105 Å². The second kappa shape index (κ2) is 5.42. The molecule has 0 unspecified atom stereocenters. The summed E-state index contributed by atoms with van der Waals surface area (Å²) in [7, 11) is -3.95. The molecule has 0 aliphatic rings. The monoisotopic (exact) mass is 273 g/mol. The quantitative estimate of drug-likeness (QED) is 0.599. The molecule has 0 saturated carbocycles. The zero-order valence-corrected chi connectivity index (χ0v) is 10.9. The van der Waals surface area contributed by atoms with Gasteiger partial charge in [-0.1, -0.05) is 12.1 Å². The van der Waals surface area contributed by atoms with Gasteiger partial charge in [-0.25, -0.2) is 13.1 Å². The van der Waals surface area contributed by atoms with Crippen molar-refractivity contribution in [2.45, 2.75) is 24.8 Å². The highest BCUT2D eigenvalue weighted by Gasteiger charge is 2.28. The van der Waals surface area contributed by atoms with Gasteiger partial charge in [0.05, 0.1) is 4.92 Å². The molecule has 18 heavy (non-hydrogen) atoms. The van der Waals surface area contributed by atoms with E-state index in [-0.39, 0.29) is 11.4 Å². The van der Waals surface area contributed by atoms with Gasteiger partial charge in [0.1, 0.15) is 0 Å². The van der Waals surface area contributed by atoms with Gasteiger partial charge in [-0.05, 0) is 19.4 Å². The van der Waals surface area contributed by atoms with Crippen molar-refractivity contribution in [2.75, 3.05) is 6.54 Å². The number of sulfonamides is 1. The molecule has 1 atom stereocenters. The van der Waals surface area contributed by atoms with Crippen LogP contribution in [0.4, 0.5) is 5.69 Å². The number of nitrogens with two attached hydrogens (primary N) is 1. The highest BCUT2D eigenvalue weighted by atomic mass is 32.2. The van der Waals surface area contributed by atoms with E-state index in [1.165, 1.54) is 19.1 Å². The standard InChI is InChI=1S/C10H15N3O4S/c1-7-4-3-5-9(13(14)15)10(7)18(16,17)12-8(2)6-11/h3-5,8,12H,6,11H2,1-2H3/t8-/m0/s1. The lowest BCUT2D eigenvalue weighted by Crippen LogP contribution is -2.38. The zero-order valence-electron chi connectivity index (χ0n) is 10.1. The van der Waals surface area contributed by atoms with Crippen LogP contribution in [0.3, 0.4) is 0 Å². The predicted octanol–water partition coefficient (Wildman–Crippen LogP) is 0.529. The Kier molecular flexibility index (Phi) is 4.38. The van der Waals surface area contributed by atoms with Crippen molar-refractivity contribution in [3.8, 4) is 0 Å². The summed E-state index contributed by atoms with van der Waals surface area (Å²) in [6.45, 7) is 3.20. The van der Waals surface area contributed by atoms with Crippen molar-refractivity contribution in [3.05, 3.63) is 33.9 Å². The lowest BCUT2D eigenvalue weighted by molar-refractivity contribution is -0.387. The second-order valence-corrected chi connectivity index (χ2v) is 5.59. The van der Waals surface area contributed by atoms with Crippen molar-refractivity contribution >= 4 is 15.7 Å². The molecule has 0 aliphatic heterocycles. The van der Waals surface area contributed by atoms with E-state index in [2.05, 4.69) is 4.72 Å². The maximum absolute atomic E-state index is 12.1. The Bertz CT molecular complexity index is 556. The first-order chi connectivity index (χ1) is 8.29. The summed E-state index contributed by atoms with van der Waals surface area (Å²) in [5.41, 5.74) is 5.21. The van der Waals surface area contributed by atoms with Crippen molar-refractivity contribution in [2.24, 2.45) is 5.73 Å². The number of nitro groups is 1. The van der Waals surface area contributed by atoms with Crippen LogP contribution in [0.5, 0.6) is 0 Å². The molecule has 0 aromatic heterocycles. The van der Waals surface area contributed by atoms with Crippen LogP contribution in [-0.2, 0) is 10.0 Å². The summed E-state index contributed by atoms with van der Waals surface area (Å²) in [5.74, 6) is 0. The first-order valence-corrected chi connectivity index (χ1v) is 6.74. The van der Waals surface area contributed by atoms with Crippen molar-refractivity contribution in [1.29, 1.82) is 0 Å². The van der Waals surface area contributed by atoms with Gasteiger partial charge in [-0.2, -0.15) is 0 Å². The van der Waals surface area contributed by atoms with Crippen LogP contribution < -0.4 is 10.5 Å². The van der Waals surface area contributed by atoms with Gasteiger partial charge >= 0.3 is 0 Å². The predicted molar refractivity (Wildman–Crippen MR) is 66.7 cm³/mol. The Morgan fingerprint density at radius 1 is 1.50 bits per heavy atom. The summed E-state index contributed by atoms with van der Waals surface area (Å²) < 4.78 is 26.5. The van der Waals surface area contributed by atoms with Gasteiger partial charge < -0.3 is 5.73 Å². The Balaban J connectivity index is 3.36. The number of aryl methyl sites for hydroxylation is 1. The van der Waals surface area contributed by atoms with Gasteiger partial charge in [0.25, 0.3) is 5.69 Å². The molecule has 0 spiro atoms. The minimum Gasteiger partial charge on any atom is -0.329 e. The minimum atomic E-state index is -3.95. The van der Waals surface area contributed by atoms with Crippen LogP contribution in [0.25, 0.3) is 0 Å². The first-order valence-electron chi connectivity index (χ1n) is 5.26. The normalized spacial score (nSPS) is 13.3. The Morgan fingerprint density at radius 2 is 2.11 bits per heavy atom. The smallest absolute Gasteiger partial charge is 0.289 e. The highest BCUT2D eigenvalue weighted by molar-refractivity contribution is 7.89. The molecule has 0 aliphatic carbocycles. The maximum atomic E-state index is 12.1. The van der Waals surface area contributed by atoms with E-state index in [0.29, 0.717) is 5.56 Å². The van der Waals surface area contributed by atoms with Crippen LogP contribution >= 0.6 is 0 Å². The fourth-order valence-electron chi connectivity index (χ4n) is 1.50. The molecular formula is C10H15N3O4S. The maximum Gasteiger partial charge on any atom is 0.289 e. The summed E-state index contributed by atoms with van der Waals surface area (Å²) in [6, 6.07) is 3.62. The van der Waals surface area contributed by atoms with E-state index < -0.39 is 26.7 Å². The van der Waals surface area contributed by atoms with Crippen LogP contribution in [0, 0.1) is 17.0 Å². The number of nitrogens with zero attached hydrogens (tertiary/aromatic N) is 1. The van der Waals surface area contributed by atoms with E-state index in [4.69, 9.17) is 5.73 Å². The molecule has 0 radical (unpaired) electrons. The number of hydrogen-bond donors (Lipinski definition) is 2. The molecule has 1 aromatic carbocycles. The van der Waals surface area contributed by atoms with Crippen LogP contribution in [0.15, 0.2) is 23.1 Å². The molecule has 0 amide bonds. The average Bonchev–Trinajstić information content (AvgIpc) is 2.27. The van der Waals surface area contributed by atoms with Gasteiger partial charge in [-0.3, -0.25) is 10.1 Å². The lowest BCUT2D eigenvalue weighted by atomic mass is 10.2. The van der Waals surface area contributed by atoms with Gasteiger partial charge in [-0.15, -0.1) is 0 Å². The van der Waals surface area contributed by atoms with E-state index in [0.717, 1.165) is 6.07 Å². The molecule has 1 rings (SSSR count). The molecule has 3 N–H and O–H groups in total.